The summed E-state index contributed by atoms with van der Waals surface area (Å²) in [7, 11) is -10.6. The van der Waals surface area contributed by atoms with Crippen LogP contribution in [0.4, 0.5) is 0 Å². The van der Waals surface area contributed by atoms with Gasteiger partial charge in [0.05, 0.1) is 0 Å². The van der Waals surface area contributed by atoms with Crippen LogP contribution in [0.1, 0.15) is 0 Å². The van der Waals surface area contributed by atoms with Crippen molar-refractivity contribution >= 4 is 21.2 Å². The minimum atomic E-state index is -5.63. The minimum absolute atomic E-state index is 0.700. The Bertz CT molecular complexity index is 346. The number of nitrogens with two attached hydrogens (primary N) is 1. The number of carbonyl (C=O) groups is 1. The highest BCUT2D eigenvalue weighted by molar-refractivity contribution is 7.72. The van der Waals surface area contributed by atoms with Gasteiger partial charge in [-0.2, -0.15) is 0 Å². The number of carboxylic acid groups (broad SMARTS) is 1. The SMILES string of the molecule is COC(C(=O)O)C(N)(P(=O)(O)O)P(=O)(O)O. The lowest BCUT2D eigenvalue weighted by Gasteiger charge is -2.34. The third-order valence-electron chi connectivity index (χ3n) is 1.78. The molecule has 0 heterocycles. The second kappa shape index (κ2) is 4.52. The smallest absolute Gasteiger partial charge is 0.361 e. The van der Waals surface area contributed by atoms with Crippen molar-refractivity contribution in [1.82, 2.24) is 0 Å². The second-order valence-corrected chi connectivity index (χ2v) is 6.83. The van der Waals surface area contributed by atoms with Gasteiger partial charge in [0, 0.05) is 7.11 Å². The molecular formula is C4H11NO9P2. The van der Waals surface area contributed by atoms with E-state index in [1.165, 1.54) is 0 Å². The number of aliphatic carboxylic acids is 1. The largest absolute Gasteiger partial charge is 0.479 e. The monoisotopic (exact) mass is 279 g/mol. The van der Waals surface area contributed by atoms with E-state index in [-0.39, 0.29) is 0 Å². The summed E-state index contributed by atoms with van der Waals surface area (Å²) < 4.78 is 26.0. The zero-order valence-corrected chi connectivity index (χ0v) is 9.71. The molecular weight excluding hydrogens is 268 g/mol. The number of methoxy groups -OCH3 is 1. The van der Waals surface area contributed by atoms with Crippen LogP contribution in [0.15, 0.2) is 0 Å². The van der Waals surface area contributed by atoms with Crippen molar-refractivity contribution in [3.63, 3.8) is 0 Å². The molecule has 0 bridgehead atoms. The number of hydrogen-bond donors (Lipinski definition) is 6. The summed E-state index contributed by atoms with van der Waals surface area (Å²) >= 11 is 0. The van der Waals surface area contributed by atoms with E-state index in [1.807, 2.05) is 0 Å². The number of hydrogen-bond acceptors (Lipinski definition) is 5. The molecule has 0 saturated carbocycles. The highest BCUT2D eigenvalue weighted by Gasteiger charge is 2.65. The maximum Gasteiger partial charge on any atom is 0.361 e. The van der Waals surface area contributed by atoms with Crippen LogP contribution in [-0.4, -0.2) is 48.9 Å². The molecule has 0 aliphatic rings. The zero-order valence-electron chi connectivity index (χ0n) is 7.92. The van der Waals surface area contributed by atoms with Crippen molar-refractivity contribution < 1.29 is 43.3 Å². The summed E-state index contributed by atoms with van der Waals surface area (Å²) in [6, 6.07) is 0. The fraction of sp³-hybridized carbons (Fsp3) is 0.750. The average molecular weight is 279 g/mol. The molecule has 0 aromatic carbocycles. The van der Waals surface area contributed by atoms with E-state index in [0.717, 1.165) is 0 Å². The first-order valence-electron chi connectivity index (χ1n) is 3.55. The van der Waals surface area contributed by atoms with Gasteiger partial charge in [0.25, 0.3) is 5.02 Å². The van der Waals surface area contributed by atoms with Gasteiger partial charge in [0.1, 0.15) is 0 Å². The summed E-state index contributed by atoms with van der Waals surface area (Å²) in [4.78, 5) is 45.7. The van der Waals surface area contributed by atoms with Crippen LogP contribution in [0.2, 0.25) is 0 Å². The molecule has 0 aromatic heterocycles. The molecule has 0 aromatic rings. The first kappa shape index (κ1) is 15.7. The molecule has 12 heteroatoms. The van der Waals surface area contributed by atoms with Gasteiger partial charge in [-0.3, -0.25) is 9.13 Å². The van der Waals surface area contributed by atoms with Crippen LogP contribution in [0.25, 0.3) is 0 Å². The fourth-order valence-electron chi connectivity index (χ4n) is 0.931. The van der Waals surface area contributed by atoms with E-state index in [9.17, 15) is 13.9 Å². The predicted octanol–water partition coefficient (Wildman–Crippen LogP) is -1.95. The Morgan fingerprint density at radius 1 is 1.25 bits per heavy atom. The lowest BCUT2D eigenvalue weighted by Crippen LogP contribution is -2.54. The molecule has 16 heavy (non-hydrogen) atoms. The third-order valence-corrected chi connectivity index (χ3v) is 5.68. The van der Waals surface area contributed by atoms with Gasteiger partial charge < -0.3 is 35.2 Å². The molecule has 0 fully saturated rings. The van der Waals surface area contributed by atoms with E-state index in [2.05, 4.69) is 4.74 Å². The Morgan fingerprint density at radius 3 is 1.62 bits per heavy atom. The van der Waals surface area contributed by atoms with Gasteiger partial charge in [-0.1, -0.05) is 0 Å². The van der Waals surface area contributed by atoms with Gasteiger partial charge in [-0.25, -0.2) is 4.79 Å². The van der Waals surface area contributed by atoms with E-state index < -0.39 is 32.3 Å². The summed E-state index contributed by atoms with van der Waals surface area (Å²) in [5.74, 6) is -2.00. The van der Waals surface area contributed by atoms with Crippen LogP contribution in [0.5, 0.6) is 0 Å². The maximum absolute atomic E-state index is 10.9. The second-order valence-electron chi connectivity index (χ2n) is 2.83. The van der Waals surface area contributed by atoms with E-state index in [4.69, 9.17) is 30.4 Å². The lowest BCUT2D eigenvalue weighted by molar-refractivity contribution is -0.150. The van der Waals surface area contributed by atoms with Crippen molar-refractivity contribution in [3.05, 3.63) is 0 Å². The minimum Gasteiger partial charge on any atom is -0.479 e. The molecule has 96 valence electrons. The first-order valence-corrected chi connectivity index (χ1v) is 6.77. The van der Waals surface area contributed by atoms with E-state index >= 15 is 0 Å². The Morgan fingerprint density at radius 2 is 1.56 bits per heavy atom. The standard InChI is InChI=1S/C4H11NO9P2/c1-14-2(3(6)7)4(5,15(8,9)10)16(11,12)13/h2H,5H2,1H3,(H,6,7)(H2,8,9,10)(H2,11,12,13). The van der Waals surface area contributed by atoms with Crippen molar-refractivity contribution in [2.45, 2.75) is 11.1 Å². The van der Waals surface area contributed by atoms with E-state index in [1.54, 1.807) is 0 Å². The Balaban J connectivity index is 5.88. The van der Waals surface area contributed by atoms with Crippen LogP contribution in [0.3, 0.4) is 0 Å². The van der Waals surface area contributed by atoms with Gasteiger partial charge >= 0.3 is 21.2 Å². The lowest BCUT2D eigenvalue weighted by atomic mass is 10.3. The molecule has 0 rings (SSSR count). The number of carboxylic acids is 1. The average Bonchev–Trinajstić information content (AvgIpc) is 1.99. The predicted molar refractivity (Wildman–Crippen MR) is 49.4 cm³/mol. The molecule has 1 unspecified atom stereocenters. The highest BCUT2D eigenvalue weighted by Crippen LogP contribution is 2.67. The van der Waals surface area contributed by atoms with Gasteiger partial charge in [-0.05, 0) is 0 Å². The summed E-state index contributed by atoms with van der Waals surface area (Å²) in [6.07, 6.45) is -2.55. The van der Waals surface area contributed by atoms with Crippen molar-refractivity contribution in [1.29, 1.82) is 0 Å². The number of rotatable bonds is 5. The molecule has 0 spiro atoms. The van der Waals surface area contributed by atoms with Gasteiger partial charge in [-0.15, -0.1) is 0 Å². The molecule has 10 nitrogen and oxygen atoms in total. The van der Waals surface area contributed by atoms with Crippen molar-refractivity contribution in [2.24, 2.45) is 5.73 Å². The Labute approximate surface area is 89.3 Å². The quantitative estimate of drug-likeness (QED) is 0.308. The number of ether oxygens (including phenoxy) is 1. The van der Waals surface area contributed by atoms with E-state index in [0.29, 0.717) is 7.11 Å². The van der Waals surface area contributed by atoms with Crippen LogP contribution >= 0.6 is 15.2 Å². The Hall–Kier alpha value is -0.310. The summed E-state index contributed by atoms with van der Waals surface area (Å²) in [6.45, 7) is 0. The van der Waals surface area contributed by atoms with Crippen molar-refractivity contribution in [2.75, 3.05) is 7.11 Å². The van der Waals surface area contributed by atoms with Crippen LogP contribution < -0.4 is 5.73 Å². The normalized spacial score (nSPS) is 15.9. The van der Waals surface area contributed by atoms with Crippen LogP contribution in [0, 0.1) is 0 Å². The molecule has 0 radical (unpaired) electrons. The molecule has 0 aliphatic heterocycles. The zero-order chi connectivity index (χ0) is 13.4. The molecule has 1 atom stereocenters. The molecule has 0 aliphatic carbocycles. The topological polar surface area (TPSA) is 188 Å². The summed E-state index contributed by atoms with van der Waals surface area (Å²) in [5, 5.41) is 4.92. The fourth-order valence-corrected chi connectivity index (χ4v) is 3.33. The third kappa shape index (κ3) is 2.50. The van der Waals surface area contributed by atoms with Gasteiger partial charge in [0.2, 0.25) is 0 Å². The van der Waals surface area contributed by atoms with Gasteiger partial charge in [0.15, 0.2) is 6.10 Å². The highest BCUT2D eigenvalue weighted by atomic mass is 31.2. The molecule has 7 N–H and O–H groups in total. The van der Waals surface area contributed by atoms with Crippen molar-refractivity contribution in [3.8, 4) is 0 Å². The Kier molecular flexibility index (Phi) is 4.43. The molecule has 0 amide bonds. The molecule has 0 saturated heterocycles. The van der Waals surface area contributed by atoms with Crippen LogP contribution in [-0.2, 0) is 18.7 Å². The maximum atomic E-state index is 10.9. The summed E-state index contributed by atoms with van der Waals surface area (Å²) in [5.41, 5.74) is 4.88. The first-order chi connectivity index (χ1) is 6.89.